The van der Waals surface area contributed by atoms with Gasteiger partial charge in [0.05, 0.1) is 0 Å². The fourth-order valence-corrected chi connectivity index (χ4v) is 1.67. The van der Waals surface area contributed by atoms with Gasteiger partial charge in [0.25, 0.3) is 0 Å². The van der Waals surface area contributed by atoms with Crippen LogP contribution in [0, 0.1) is 10.5 Å². The van der Waals surface area contributed by atoms with Crippen LogP contribution in [0.3, 0.4) is 0 Å². The molecule has 0 bridgehead atoms. The van der Waals surface area contributed by atoms with Gasteiger partial charge in [0.2, 0.25) is 0 Å². The molecule has 1 nitrogen and oxygen atoms in total. The molecule has 1 aromatic rings. The highest BCUT2D eigenvalue weighted by Crippen LogP contribution is 2.16. The molecule has 1 aromatic carbocycles. The SMILES string of the molecule is Cc1ccc(NC/C=C/CCl)cc1I. The number of benzene rings is 1. The van der Waals surface area contributed by atoms with Crippen LogP contribution in [0.25, 0.3) is 0 Å². The quantitative estimate of drug-likeness (QED) is 0.505. The standard InChI is InChI=1S/C11H13ClIN/c1-9-4-5-10(8-11(9)13)14-7-3-2-6-12/h2-5,8,14H,6-7H2,1H3/b3-2+. The summed E-state index contributed by atoms with van der Waals surface area (Å²) in [7, 11) is 0. The zero-order valence-electron chi connectivity index (χ0n) is 8.06. The summed E-state index contributed by atoms with van der Waals surface area (Å²) in [6.45, 7) is 2.94. The predicted molar refractivity (Wildman–Crippen MR) is 72.2 cm³/mol. The van der Waals surface area contributed by atoms with E-state index in [1.54, 1.807) is 0 Å². The zero-order valence-corrected chi connectivity index (χ0v) is 11.0. The van der Waals surface area contributed by atoms with Crippen LogP contribution in [0.1, 0.15) is 5.56 Å². The van der Waals surface area contributed by atoms with E-state index in [0.29, 0.717) is 5.88 Å². The topological polar surface area (TPSA) is 12.0 Å². The summed E-state index contributed by atoms with van der Waals surface area (Å²) >= 11 is 7.85. The fourth-order valence-electron chi connectivity index (χ4n) is 1.03. The Labute approximate surface area is 104 Å². The van der Waals surface area contributed by atoms with E-state index >= 15 is 0 Å². The molecule has 1 N–H and O–H groups in total. The minimum atomic E-state index is 0.577. The Morgan fingerprint density at radius 3 is 2.86 bits per heavy atom. The Bertz CT molecular complexity index is 323. The first-order valence-electron chi connectivity index (χ1n) is 4.45. The van der Waals surface area contributed by atoms with Gasteiger partial charge in [-0.3, -0.25) is 0 Å². The second-order valence-corrected chi connectivity index (χ2v) is 4.44. The maximum atomic E-state index is 5.51. The van der Waals surface area contributed by atoms with Crippen molar-refractivity contribution in [2.75, 3.05) is 17.7 Å². The summed E-state index contributed by atoms with van der Waals surface area (Å²) in [6.07, 6.45) is 3.97. The lowest BCUT2D eigenvalue weighted by atomic mass is 10.2. The molecule has 3 heteroatoms. The number of halogens is 2. The zero-order chi connectivity index (χ0) is 10.4. The third-order valence-corrected chi connectivity index (χ3v) is 3.19. The van der Waals surface area contributed by atoms with E-state index in [4.69, 9.17) is 11.6 Å². The van der Waals surface area contributed by atoms with Gasteiger partial charge in [0.1, 0.15) is 0 Å². The molecule has 0 aliphatic rings. The van der Waals surface area contributed by atoms with Crippen molar-refractivity contribution < 1.29 is 0 Å². The smallest absolute Gasteiger partial charge is 0.0404 e. The Morgan fingerprint density at radius 2 is 2.21 bits per heavy atom. The lowest BCUT2D eigenvalue weighted by Crippen LogP contribution is -1.98. The van der Waals surface area contributed by atoms with Crippen molar-refractivity contribution in [3.8, 4) is 0 Å². The molecule has 0 saturated heterocycles. The minimum Gasteiger partial charge on any atom is -0.382 e. The Hall–Kier alpha value is -0.220. The van der Waals surface area contributed by atoms with Crippen molar-refractivity contribution in [2.24, 2.45) is 0 Å². The van der Waals surface area contributed by atoms with Crippen LogP contribution in [-0.2, 0) is 0 Å². The maximum absolute atomic E-state index is 5.51. The molecule has 14 heavy (non-hydrogen) atoms. The van der Waals surface area contributed by atoms with Crippen molar-refractivity contribution >= 4 is 39.9 Å². The highest BCUT2D eigenvalue weighted by molar-refractivity contribution is 14.1. The van der Waals surface area contributed by atoms with Crippen LogP contribution in [-0.4, -0.2) is 12.4 Å². The molecule has 0 unspecified atom stereocenters. The molecular weight excluding hydrogens is 308 g/mol. The average molecular weight is 322 g/mol. The van der Waals surface area contributed by atoms with Gasteiger partial charge in [-0.05, 0) is 47.2 Å². The number of aryl methyl sites for hydroxylation is 1. The second kappa shape index (κ2) is 6.30. The van der Waals surface area contributed by atoms with Crippen molar-refractivity contribution in [1.82, 2.24) is 0 Å². The monoisotopic (exact) mass is 321 g/mol. The van der Waals surface area contributed by atoms with Crippen LogP contribution in [0.2, 0.25) is 0 Å². The van der Waals surface area contributed by atoms with Gasteiger partial charge in [-0.2, -0.15) is 0 Å². The van der Waals surface area contributed by atoms with E-state index in [1.165, 1.54) is 9.13 Å². The van der Waals surface area contributed by atoms with E-state index in [-0.39, 0.29) is 0 Å². The first kappa shape index (κ1) is 11.9. The molecule has 0 aromatic heterocycles. The highest BCUT2D eigenvalue weighted by Gasteiger charge is 1.95. The van der Waals surface area contributed by atoms with Gasteiger partial charge in [-0.25, -0.2) is 0 Å². The van der Waals surface area contributed by atoms with Crippen molar-refractivity contribution in [3.05, 3.63) is 39.5 Å². The van der Waals surface area contributed by atoms with E-state index in [9.17, 15) is 0 Å². The van der Waals surface area contributed by atoms with Crippen LogP contribution < -0.4 is 5.32 Å². The van der Waals surface area contributed by atoms with Crippen LogP contribution in [0.5, 0.6) is 0 Å². The molecule has 0 atom stereocenters. The number of alkyl halides is 1. The number of allylic oxidation sites excluding steroid dienone is 1. The Morgan fingerprint density at radius 1 is 1.43 bits per heavy atom. The molecule has 76 valence electrons. The second-order valence-electron chi connectivity index (χ2n) is 2.97. The van der Waals surface area contributed by atoms with Crippen LogP contribution in [0.15, 0.2) is 30.4 Å². The summed E-state index contributed by atoms with van der Waals surface area (Å²) in [5, 5.41) is 3.30. The number of rotatable bonds is 4. The van der Waals surface area contributed by atoms with Gasteiger partial charge >= 0.3 is 0 Å². The lowest BCUT2D eigenvalue weighted by Gasteiger charge is -2.05. The minimum absolute atomic E-state index is 0.577. The number of hydrogen-bond acceptors (Lipinski definition) is 1. The highest BCUT2D eigenvalue weighted by atomic mass is 127. The van der Waals surface area contributed by atoms with Crippen molar-refractivity contribution in [1.29, 1.82) is 0 Å². The molecule has 0 radical (unpaired) electrons. The first-order chi connectivity index (χ1) is 6.74. The molecule has 0 fully saturated rings. The summed E-state index contributed by atoms with van der Waals surface area (Å²) in [4.78, 5) is 0. The van der Waals surface area contributed by atoms with E-state index in [2.05, 4.69) is 53.0 Å². The maximum Gasteiger partial charge on any atom is 0.0404 e. The molecule has 1 rings (SSSR count). The Kier molecular flexibility index (Phi) is 5.33. The van der Waals surface area contributed by atoms with Gasteiger partial charge in [0.15, 0.2) is 0 Å². The summed E-state index contributed by atoms with van der Waals surface area (Å²) in [5.41, 5.74) is 2.46. The van der Waals surface area contributed by atoms with Gasteiger partial charge in [-0.1, -0.05) is 18.2 Å². The number of anilines is 1. The number of nitrogens with one attached hydrogen (secondary N) is 1. The van der Waals surface area contributed by atoms with Crippen molar-refractivity contribution in [2.45, 2.75) is 6.92 Å². The fraction of sp³-hybridized carbons (Fsp3) is 0.273. The molecule has 0 heterocycles. The molecule has 0 aliphatic carbocycles. The van der Waals surface area contributed by atoms with Crippen LogP contribution in [0.4, 0.5) is 5.69 Å². The third-order valence-electron chi connectivity index (χ3n) is 1.85. The third kappa shape index (κ3) is 3.88. The molecule has 0 aliphatic heterocycles. The van der Waals surface area contributed by atoms with Crippen molar-refractivity contribution in [3.63, 3.8) is 0 Å². The van der Waals surface area contributed by atoms with Gasteiger partial charge < -0.3 is 5.32 Å². The lowest BCUT2D eigenvalue weighted by molar-refractivity contribution is 1.31. The normalized spacial score (nSPS) is 10.8. The summed E-state index contributed by atoms with van der Waals surface area (Å²) < 4.78 is 1.29. The van der Waals surface area contributed by atoms with Gasteiger partial charge in [-0.15, -0.1) is 11.6 Å². The summed E-state index contributed by atoms with van der Waals surface area (Å²) in [5.74, 6) is 0.577. The molecule has 0 spiro atoms. The Balaban J connectivity index is 2.51. The predicted octanol–water partition coefficient (Wildman–Crippen LogP) is 3.81. The first-order valence-corrected chi connectivity index (χ1v) is 6.06. The molecule has 0 saturated carbocycles. The van der Waals surface area contributed by atoms with E-state index < -0.39 is 0 Å². The van der Waals surface area contributed by atoms with Gasteiger partial charge in [0, 0.05) is 21.7 Å². The summed E-state index contributed by atoms with van der Waals surface area (Å²) in [6, 6.07) is 6.35. The average Bonchev–Trinajstić information content (AvgIpc) is 2.18. The number of hydrogen-bond donors (Lipinski definition) is 1. The van der Waals surface area contributed by atoms with Crippen LogP contribution >= 0.6 is 34.2 Å². The molecule has 0 amide bonds. The van der Waals surface area contributed by atoms with E-state index in [0.717, 1.165) is 12.2 Å². The largest absolute Gasteiger partial charge is 0.382 e. The van der Waals surface area contributed by atoms with E-state index in [1.807, 2.05) is 12.2 Å². The molecular formula is C11H13ClIN.